The Morgan fingerprint density at radius 2 is 1.80 bits per heavy atom. The van der Waals surface area contributed by atoms with Crippen LogP contribution in [0.15, 0.2) is 18.2 Å². The fourth-order valence-corrected chi connectivity index (χ4v) is 5.03. The minimum Gasteiger partial charge on any atom is -0.490 e. The van der Waals surface area contributed by atoms with Crippen LogP contribution in [0.5, 0.6) is 11.5 Å². The van der Waals surface area contributed by atoms with Gasteiger partial charge in [0.2, 0.25) is 0 Å². The summed E-state index contributed by atoms with van der Waals surface area (Å²) in [6, 6.07) is 5.79. The second-order valence-corrected chi connectivity index (χ2v) is 10.8. The fourth-order valence-electron chi connectivity index (χ4n) is 4.24. The molecule has 2 atom stereocenters. The summed E-state index contributed by atoms with van der Waals surface area (Å²) in [5, 5.41) is 0. The molecule has 2 N–H and O–H groups in total. The zero-order chi connectivity index (χ0) is 22.0. The van der Waals surface area contributed by atoms with Crippen LogP contribution in [-0.4, -0.2) is 27.7 Å². The van der Waals surface area contributed by atoms with E-state index in [0.717, 1.165) is 37.0 Å². The van der Waals surface area contributed by atoms with E-state index in [1.807, 2.05) is 25.1 Å². The third-order valence-electron chi connectivity index (χ3n) is 5.98. The van der Waals surface area contributed by atoms with Gasteiger partial charge in [0.1, 0.15) is 23.2 Å². The third kappa shape index (κ3) is 8.99. The highest BCUT2D eigenvalue weighted by Crippen LogP contribution is 2.40. The van der Waals surface area contributed by atoms with Crippen molar-refractivity contribution in [1.82, 2.24) is 0 Å². The van der Waals surface area contributed by atoms with E-state index in [1.165, 1.54) is 44.9 Å². The molecule has 6 heteroatoms. The Hall–Kier alpha value is -1.03. The van der Waals surface area contributed by atoms with Crippen molar-refractivity contribution in [3.8, 4) is 11.5 Å². The number of hydrogen-bond donors (Lipinski definition) is 2. The molecule has 172 valence electrons. The van der Waals surface area contributed by atoms with Crippen LogP contribution in [0.4, 0.5) is 0 Å². The Labute approximate surface area is 182 Å². The van der Waals surface area contributed by atoms with Crippen molar-refractivity contribution in [1.29, 1.82) is 0 Å². The molecule has 0 aromatic heterocycles. The summed E-state index contributed by atoms with van der Waals surface area (Å²) in [6.45, 7) is 6.46. The highest BCUT2D eigenvalue weighted by Gasteiger charge is 2.31. The number of aryl methyl sites for hydroxylation is 1. The molecule has 1 aliphatic heterocycles. The molecule has 1 heterocycles. The topological polar surface area (TPSA) is 76.0 Å². The highest BCUT2D eigenvalue weighted by atomic mass is 31.2. The van der Waals surface area contributed by atoms with Gasteiger partial charge in [-0.05, 0) is 62.8 Å². The maximum Gasteiger partial charge on any atom is 0.329 e. The van der Waals surface area contributed by atoms with E-state index >= 15 is 0 Å². The van der Waals surface area contributed by atoms with Gasteiger partial charge in [0.05, 0.1) is 6.16 Å². The summed E-state index contributed by atoms with van der Waals surface area (Å²) in [7, 11) is -4.10. The SMILES string of the molecule is CCCCCCCCCC1(C)CCc2cc(OC(CCC)CP(=O)(O)O)ccc2O1. The van der Waals surface area contributed by atoms with Crippen LogP contribution in [0.25, 0.3) is 0 Å². The Morgan fingerprint density at radius 3 is 2.47 bits per heavy atom. The van der Waals surface area contributed by atoms with Crippen molar-refractivity contribution in [3.63, 3.8) is 0 Å². The van der Waals surface area contributed by atoms with Crippen LogP contribution >= 0.6 is 7.60 Å². The molecule has 0 saturated heterocycles. The van der Waals surface area contributed by atoms with Gasteiger partial charge < -0.3 is 19.3 Å². The fraction of sp³-hybridized carbons (Fsp3) is 0.750. The average Bonchev–Trinajstić information content (AvgIpc) is 2.66. The number of fused-ring (bicyclic) bond motifs is 1. The maximum absolute atomic E-state index is 11.4. The first-order valence-electron chi connectivity index (χ1n) is 11.8. The summed E-state index contributed by atoms with van der Waals surface area (Å²) in [5.41, 5.74) is 1.01. The van der Waals surface area contributed by atoms with Gasteiger partial charge in [-0.3, -0.25) is 4.57 Å². The summed E-state index contributed by atoms with van der Waals surface area (Å²) >= 11 is 0. The zero-order valence-electron chi connectivity index (χ0n) is 19.1. The number of ether oxygens (including phenoxy) is 2. The van der Waals surface area contributed by atoms with Crippen LogP contribution in [0.2, 0.25) is 0 Å². The molecule has 0 amide bonds. The minimum atomic E-state index is -4.10. The lowest BCUT2D eigenvalue weighted by Gasteiger charge is -2.36. The van der Waals surface area contributed by atoms with Crippen molar-refractivity contribution in [3.05, 3.63) is 23.8 Å². The van der Waals surface area contributed by atoms with Gasteiger partial charge in [0.25, 0.3) is 0 Å². The maximum atomic E-state index is 11.4. The molecule has 0 saturated carbocycles. The molecule has 0 aliphatic carbocycles. The lowest BCUT2D eigenvalue weighted by molar-refractivity contribution is 0.0531. The van der Waals surface area contributed by atoms with E-state index in [2.05, 4.69) is 13.8 Å². The van der Waals surface area contributed by atoms with Gasteiger partial charge in [-0.25, -0.2) is 0 Å². The van der Waals surface area contributed by atoms with Crippen LogP contribution in [0.1, 0.15) is 97.0 Å². The molecule has 1 aromatic rings. The lowest BCUT2D eigenvalue weighted by atomic mass is 9.88. The van der Waals surface area contributed by atoms with Gasteiger partial charge in [-0.15, -0.1) is 0 Å². The number of rotatable bonds is 14. The molecule has 1 aliphatic rings. The van der Waals surface area contributed by atoms with Gasteiger partial charge in [0.15, 0.2) is 0 Å². The smallest absolute Gasteiger partial charge is 0.329 e. The van der Waals surface area contributed by atoms with E-state index in [-0.39, 0.29) is 11.8 Å². The van der Waals surface area contributed by atoms with Gasteiger partial charge >= 0.3 is 7.60 Å². The normalized spacial score (nSPS) is 19.8. The summed E-state index contributed by atoms with van der Waals surface area (Å²) in [4.78, 5) is 18.6. The Morgan fingerprint density at radius 1 is 1.10 bits per heavy atom. The quantitative estimate of drug-likeness (QED) is 0.251. The minimum absolute atomic E-state index is 0.107. The molecular weight excluding hydrogens is 399 g/mol. The van der Waals surface area contributed by atoms with Crippen LogP contribution < -0.4 is 9.47 Å². The highest BCUT2D eigenvalue weighted by molar-refractivity contribution is 7.51. The third-order valence-corrected chi connectivity index (χ3v) is 6.86. The second-order valence-electron chi connectivity index (χ2n) is 9.07. The summed E-state index contributed by atoms with van der Waals surface area (Å²) in [5.74, 6) is 1.58. The molecule has 1 aromatic carbocycles. The molecule has 30 heavy (non-hydrogen) atoms. The molecule has 0 fully saturated rings. The Bertz CT molecular complexity index is 686. The number of unbranched alkanes of at least 4 members (excludes halogenated alkanes) is 6. The summed E-state index contributed by atoms with van der Waals surface area (Å²) < 4.78 is 23.7. The molecular formula is C24H41O5P. The molecule has 0 radical (unpaired) electrons. The first-order chi connectivity index (χ1) is 14.2. The van der Waals surface area contributed by atoms with E-state index in [4.69, 9.17) is 9.47 Å². The van der Waals surface area contributed by atoms with Crippen LogP contribution in [0, 0.1) is 0 Å². The predicted octanol–water partition coefficient (Wildman–Crippen LogP) is 6.64. The molecule has 5 nitrogen and oxygen atoms in total. The van der Waals surface area contributed by atoms with E-state index in [1.54, 1.807) is 0 Å². The number of benzene rings is 1. The summed E-state index contributed by atoms with van der Waals surface area (Å²) in [6.07, 6.45) is 12.9. The van der Waals surface area contributed by atoms with Gasteiger partial charge in [-0.2, -0.15) is 0 Å². The first-order valence-corrected chi connectivity index (χ1v) is 13.6. The second kappa shape index (κ2) is 12.1. The van der Waals surface area contributed by atoms with Gasteiger partial charge in [0, 0.05) is 0 Å². The Balaban J connectivity index is 1.87. The van der Waals surface area contributed by atoms with E-state index < -0.39 is 13.7 Å². The van der Waals surface area contributed by atoms with Crippen LogP contribution in [0.3, 0.4) is 0 Å². The average molecular weight is 441 g/mol. The Kier molecular flexibility index (Phi) is 10.2. The molecule has 0 spiro atoms. The molecule has 2 unspecified atom stereocenters. The molecule has 2 rings (SSSR count). The predicted molar refractivity (Wildman–Crippen MR) is 123 cm³/mol. The molecule has 0 bridgehead atoms. The van der Waals surface area contributed by atoms with E-state index in [0.29, 0.717) is 12.2 Å². The largest absolute Gasteiger partial charge is 0.490 e. The van der Waals surface area contributed by atoms with Crippen molar-refractivity contribution >= 4 is 7.60 Å². The van der Waals surface area contributed by atoms with Crippen molar-refractivity contribution in [2.75, 3.05) is 6.16 Å². The van der Waals surface area contributed by atoms with E-state index in [9.17, 15) is 14.4 Å². The lowest BCUT2D eigenvalue weighted by Crippen LogP contribution is -2.36. The monoisotopic (exact) mass is 440 g/mol. The van der Waals surface area contributed by atoms with Gasteiger partial charge in [-0.1, -0.05) is 58.8 Å². The van der Waals surface area contributed by atoms with Crippen molar-refractivity contribution < 1.29 is 23.8 Å². The van der Waals surface area contributed by atoms with Crippen molar-refractivity contribution in [2.45, 2.75) is 110 Å². The number of hydrogen-bond acceptors (Lipinski definition) is 3. The first kappa shape index (κ1) is 25.2. The zero-order valence-corrected chi connectivity index (χ0v) is 20.0. The van der Waals surface area contributed by atoms with Crippen molar-refractivity contribution in [2.24, 2.45) is 0 Å². The van der Waals surface area contributed by atoms with Crippen LogP contribution in [-0.2, 0) is 11.0 Å². The standard InChI is InChI=1S/C24H41O5P/c1-4-6-7-8-9-10-11-16-24(3)17-15-20-18-21(13-14-23(20)29-24)28-22(12-5-2)19-30(25,26)27/h13-14,18,22H,4-12,15-17,19H2,1-3H3,(H2,25,26,27).